The fraction of sp³-hybridized carbons (Fsp3) is 0.667. The van der Waals surface area contributed by atoms with Crippen molar-refractivity contribution in [2.24, 2.45) is 11.8 Å². The van der Waals surface area contributed by atoms with Crippen molar-refractivity contribution in [3.8, 4) is 0 Å². The average molecular weight is 255 g/mol. The summed E-state index contributed by atoms with van der Waals surface area (Å²) in [5.41, 5.74) is 3.68. The van der Waals surface area contributed by atoms with Gasteiger partial charge in [0.05, 0.1) is 0 Å². The van der Waals surface area contributed by atoms with Crippen molar-refractivity contribution in [3.05, 3.63) is 35.4 Å². The lowest BCUT2D eigenvalue weighted by molar-refractivity contribution is 0.0284. The van der Waals surface area contributed by atoms with Crippen LogP contribution in [-0.4, -0.2) is 24.0 Å². The Kier molecular flexibility index (Phi) is 2.57. The maximum atomic E-state index is 2.82. The van der Waals surface area contributed by atoms with Crippen LogP contribution in [0.1, 0.15) is 44.2 Å². The minimum absolute atomic E-state index is 0.416. The first-order valence-corrected chi connectivity index (χ1v) is 8.01. The van der Waals surface area contributed by atoms with Crippen molar-refractivity contribution in [3.63, 3.8) is 0 Å². The summed E-state index contributed by atoms with van der Waals surface area (Å²) in [4.78, 5) is 2.82. The molecule has 1 aliphatic heterocycles. The second kappa shape index (κ2) is 4.09. The highest BCUT2D eigenvalue weighted by Gasteiger charge is 2.48. The second-order valence-electron chi connectivity index (χ2n) is 7.32. The lowest BCUT2D eigenvalue weighted by Crippen LogP contribution is -2.58. The Labute approximate surface area is 117 Å². The van der Waals surface area contributed by atoms with Gasteiger partial charge in [-0.25, -0.2) is 0 Å². The summed E-state index contributed by atoms with van der Waals surface area (Å²) in [5, 5.41) is 0. The highest BCUT2D eigenvalue weighted by atomic mass is 15.2. The molecule has 2 bridgehead atoms. The number of rotatable bonds is 2. The number of benzene rings is 1. The van der Waals surface area contributed by atoms with Crippen molar-refractivity contribution in [1.82, 2.24) is 4.90 Å². The second-order valence-corrected chi connectivity index (χ2v) is 7.32. The van der Waals surface area contributed by atoms with Gasteiger partial charge in [-0.3, -0.25) is 4.90 Å². The van der Waals surface area contributed by atoms with Crippen molar-refractivity contribution >= 4 is 0 Å². The van der Waals surface area contributed by atoms with E-state index >= 15 is 0 Å². The molecule has 4 rings (SSSR count). The van der Waals surface area contributed by atoms with Gasteiger partial charge in [-0.05, 0) is 60.6 Å². The molecular weight excluding hydrogens is 230 g/mol. The van der Waals surface area contributed by atoms with Crippen molar-refractivity contribution in [1.29, 1.82) is 0 Å². The molecule has 0 amide bonds. The van der Waals surface area contributed by atoms with E-state index in [1.807, 2.05) is 0 Å². The van der Waals surface area contributed by atoms with E-state index in [1.165, 1.54) is 38.8 Å². The van der Waals surface area contributed by atoms with Crippen LogP contribution < -0.4 is 0 Å². The predicted molar refractivity (Wildman–Crippen MR) is 79.4 cm³/mol. The van der Waals surface area contributed by atoms with Crippen LogP contribution in [-0.2, 0) is 11.8 Å². The topological polar surface area (TPSA) is 3.24 Å². The Bertz CT molecular complexity index is 490. The molecule has 0 N–H and O–H groups in total. The third-order valence-electron chi connectivity index (χ3n) is 6.22. The summed E-state index contributed by atoms with van der Waals surface area (Å²) in [5.74, 6) is 1.82. The van der Waals surface area contributed by atoms with Crippen LogP contribution in [0.2, 0.25) is 0 Å². The Hall–Kier alpha value is -0.820. The number of hydrogen-bond donors (Lipinski definition) is 0. The number of likely N-dealkylation sites (tertiary alicyclic amines) is 1. The highest BCUT2D eigenvalue weighted by molar-refractivity contribution is 5.39. The molecule has 3 atom stereocenters. The van der Waals surface area contributed by atoms with Gasteiger partial charge < -0.3 is 0 Å². The van der Waals surface area contributed by atoms with Gasteiger partial charge >= 0.3 is 0 Å². The van der Waals surface area contributed by atoms with Gasteiger partial charge in [0.25, 0.3) is 0 Å². The zero-order valence-electron chi connectivity index (χ0n) is 12.2. The fourth-order valence-electron chi connectivity index (χ4n) is 4.54. The molecule has 102 valence electrons. The Morgan fingerprint density at radius 2 is 2.05 bits per heavy atom. The molecule has 0 radical (unpaired) electrons. The van der Waals surface area contributed by atoms with Crippen LogP contribution in [0, 0.1) is 11.8 Å². The first-order chi connectivity index (χ1) is 9.18. The molecule has 1 aromatic carbocycles. The van der Waals surface area contributed by atoms with E-state index in [-0.39, 0.29) is 0 Å². The van der Waals surface area contributed by atoms with Crippen LogP contribution in [0.5, 0.6) is 0 Å². The quantitative estimate of drug-likeness (QED) is 0.780. The molecule has 19 heavy (non-hydrogen) atoms. The molecule has 2 aliphatic carbocycles. The van der Waals surface area contributed by atoms with E-state index in [9.17, 15) is 0 Å². The van der Waals surface area contributed by atoms with E-state index in [2.05, 4.69) is 43.0 Å². The summed E-state index contributed by atoms with van der Waals surface area (Å²) in [6.07, 6.45) is 5.57. The summed E-state index contributed by atoms with van der Waals surface area (Å²) in [6, 6.07) is 9.99. The first kappa shape index (κ1) is 12.0. The van der Waals surface area contributed by atoms with E-state index < -0.39 is 0 Å². The zero-order valence-corrected chi connectivity index (χ0v) is 12.2. The molecule has 1 saturated carbocycles. The molecule has 1 saturated heterocycles. The Balaban J connectivity index is 1.70. The average Bonchev–Trinajstić information content (AvgIpc) is 3.21. The first-order valence-electron chi connectivity index (χ1n) is 8.01. The maximum Gasteiger partial charge on any atom is 0.0170 e. The van der Waals surface area contributed by atoms with Crippen LogP contribution in [0.4, 0.5) is 0 Å². The van der Waals surface area contributed by atoms with Crippen LogP contribution >= 0.6 is 0 Å². The van der Waals surface area contributed by atoms with Crippen molar-refractivity contribution in [2.75, 3.05) is 13.1 Å². The van der Waals surface area contributed by atoms with Gasteiger partial charge in [0.15, 0.2) is 0 Å². The summed E-state index contributed by atoms with van der Waals surface area (Å²) < 4.78 is 0. The molecule has 2 fully saturated rings. The number of nitrogens with zero attached hydrogens (tertiary/aromatic N) is 1. The predicted octanol–water partition coefficient (Wildman–Crippen LogP) is 3.62. The SMILES string of the molecule is C[C@H]1[C@H]2Cc3ccccc3[C@]1(C)CCN2CC1CC1. The van der Waals surface area contributed by atoms with Crippen molar-refractivity contribution < 1.29 is 0 Å². The summed E-state index contributed by atoms with van der Waals surface area (Å²) in [7, 11) is 0. The van der Waals surface area contributed by atoms with Gasteiger partial charge in [0, 0.05) is 12.6 Å². The molecular formula is C18H25N. The van der Waals surface area contributed by atoms with Crippen LogP contribution in [0.15, 0.2) is 24.3 Å². The maximum absolute atomic E-state index is 2.82. The fourth-order valence-corrected chi connectivity index (χ4v) is 4.54. The number of piperidine rings is 1. The molecule has 0 aromatic heterocycles. The van der Waals surface area contributed by atoms with Crippen molar-refractivity contribution in [2.45, 2.75) is 51.0 Å². The molecule has 3 aliphatic rings. The lowest BCUT2D eigenvalue weighted by Gasteiger charge is -2.54. The smallest absolute Gasteiger partial charge is 0.0170 e. The minimum atomic E-state index is 0.416. The summed E-state index contributed by atoms with van der Waals surface area (Å²) in [6.45, 7) is 7.69. The third-order valence-corrected chi connectivity index (χ3v) is 6.22. The number of hydrogen-bond acceptors (Lipinski definition) is 1. The minimum Gasteiger partial charge on any atom is -0.299 e. The molecule has 1 heterocycles. The highest BCUT2D eigenvalue weighted by Crippen LogP contribution is 2.49. The lowest BCUT2D eigenvalue weighted by atomic mass is 9.59. The van der Waals surface area contributed by atoms with E-state index in [1.54, 1.807) is 11.1 Å². The third kappa shape index (κ3) is 1.78. The molecule has 0 unspecified atom stereocenters. The monoisotopic (exact) mass is 255 g/mol. The summed E-state index contributed by atoms with van der Waals surface area (Å²) >= 11 is 0. The standard InChI is InChI=1S/C18H25N/c1-13-17-11-15-5-3-4-6-16(15)18(13,2)9-10-19(17)12-14-7-8-14/h3-6,13-14,17H,7-12H2,1-2H3/t13-,17+,18+/m0/s1. The van der Waals surface area contributed by atoms with Gasteiger partial charge in [0.2, 0.25) is 0 Å². The van der Waals surface area contributed by atoms with E-state index in [0.29, 0.717) is 5.41 Å². The largest absolute Gasteiger partial charge is 0.299 e. The molecule has 1 aromatic rings. The van der Waals surface area contributed by atoms with E-state index in [0.717, 1.165) is 17.9 Å². The molecule has 1 nitrogen and oxygen atoms in total. The normalized spacial score (nSPS) is 38.0. The Morgan fingerprint density at radius 3 is 2.84 bits per heavy atom. The Morgan fingerprint density at radius 1 is 1.26 bits per heavy atom. The number of fused-ring (bicyclic) bond motifs is 4. The van der Waals surface area contributed by atoms with E-state index in [4.69, 9.17) is 0 Å². The van der Waals surface area contributed by atoms with Crippen LogP contribution in [0.3, 0.4) is 0 Å². The molecule has 0 spiro atoms. The van der Waals surface area contributed by atoms with Gasteiger partial charge in [-0.2, -0.15) is 0 Å². The van der Waals surface area contributed by atoms with Gasteiger partial charge in [0.1, 0.15) is 0 Å². The van der Waals surface area contributed by atoms with Gasteiger partial charge in [-0.15, -0.1) is 0 Å². The zero-order chi connectivity index (χ0) is 13.0. The van der Waals surface area contributed by atoms with Gasteiger partial charge in [-0.1, -0.05) is 38.1 Å². The molecule has 1 heteroatoms. The van der Waals surface area contributed by atoms with Crippen LogP contribution in [0.25, 0.3) is 0 Å².